The van der Waals surface area contributed by atoms with Crippen molar-refractivity contribution >= 4 is 40.2 Å². The maximum Gasteiger partial charge on any atom is 0.335 e. The number of benzene rings is 4. The number of carbonyl (C=O) groups excluding carboxylic acids is 1. The van der Waals surface area contributed by atoms with E-state index in [0.29, 0.717) is 11.3 Å². The van der Waals surface area contributed by atoms with Crippen molar-refractivity contribution < 1.29 is 19.1 Å². The molecule has 1 atom stereocenters. The number of amides is 1. The molecule has 0 saturated carbocycles. The molecule has 0 bridgehead atoms. The quantitative estimate of drug-likeness (QED) is 0.181. The summed E-state index contributed by atoms with van der Waals surface area (Å²) in [5.41, 5.74) is 4.41. The summed E-state index contributed by atoms with van der Waals surface area (Å²) in [4.78, 5) is 30.6. The number of fused-ring (bicyclic) bond motifs is 1. The first-order valence-corrected chi connectivity index (χ1v) is 14.2. The van der Waals surface area contributed by atoms with Gasteiger partial charge in [0.15, 0.2) is 5.69 Å². The van der Waals surface area contributed by atoms with Crippen molar-refractivity contribution in [2.24, 2.45) is 0 Å². The van der Waals surface area contributed by atoms with Crippen molar-refractivity contribution in [1.29, 1.82) is 0 Å². The third-order valence-corrected chi connectivity index (χ3v) is 8.11. The minimum atomic E-state index is -1.01. The summed E-state index contributed by atoms with van der Waals surface area (Å²) in [6.45, 7) is 13.2. The van der Waals surface area contributed by atoms with Crippen LogP contribution in [0.1, 0.15) is 59.1 Å². The largest absolute Gasteiger partial charge is 0.478 e. The Hall–Kier alpha value is -4.87. The van der Waals surface area contributed by atoms with Crippen molar-refractivity contribution in [3.05, 3.63) is 125 Å². The molecule has 0 aliphatic rings. The van der Waals surface area contributed by atoms with Gasteiger partial charge in [0, 0.05) is 27.4 Å². The molecule has 42 heavy (non-hydrogen) atoms. The van der Waals surface area contributed by atoms with Gasteiger partial charge in [-0.2, -0.15) is 0 Å². The van der Waals surface area contributed by atoms with Crippen molar-refractivity contribution in [1.82, 2.24) is 9.88 Å². The zero-order valence-corrected chi connectivity index (χ0v) is 24.1. The van der Waals surface area contributed by atoms with Gasteiger partial charge in [-0.15, -0.1) is 0 Å². The van der Waals surface area contributed by atoms with Crippen LogP contribution in [-0.4, -0.2) is 21.6 Å². The van der Waals surface area contributed by atoms with Gasteiger partial charge in [-0.1, -0.05) is 60.3 Å². The molecule has 0 aliphatic heterocycles. The van der Waals surface area contributed by atoms with Crippen LogP contribution < -0.4 is 5.32 Å². The number of aromatic carboxylic acids is 1. The molecule has 0 aliphatic carbocycles. The Kier molecular flexibility index (Phi) is 8.14. The summed E-state index contributed by atoms with van der Waals surface area (Å²) >= 11 is 1.52. The summed E-state index contributed by atoms with van der Waals surface area (Å²) in [5, 5.41) is 13.1. The van der Waals surface area contributed by atoms with Gasteiger partial charge in [0.2, 0.25) is 0 Å². The smallest absolute Gasteiger partial charge is 0.335 e. The van der Waals surface area contributed by atoms with Gasteiger partial charge < -0.3 is 15.0 Å². The first-order valence-electron chi connectivity index (χ1n) is 13.4. The fourth-order valence-corrected chi connectivity index (χ4v) is 5.84. The van der Waals surface area contributed by atoms with E-state index in [-0.39, 0.29) is 23.3 Å². The molecule has 0 spiro atoms. The lowest BCUT2D eigenvalue weighted by Crippen LogP contribution is -2.27. The molecule has 0 unspecified atom stereocenters. The van der Waals surface area contributed by atoms with E-state index in [2.05, 4.69) is 28.6 Å². The topological polar surface area (TPSA) is 75.7 Å². The molecule has 210 valence electrons. The van der Waals surface area contributed by atoms with Gasteiger partial charge in [0.25, 0.3) is 5.91 Å². The summed E-state index contributed by atoms with van der Waals surface area (Å²) in [6, 6.07) is 23.5. The van der Waals surface area contributed by atoms with Crippen LogP contribution in [0.25, 0.3) is 26.9 Å². The average molecular weight is 578 g/mol. The van der Waals surface area contributed by atoms with Crippen molar-refractivity contribution in [3.8, 4) is 11.1 Å². The summed E-state index contributed by atoms with van der Waals surface area (Å²) in [7, 11) is 0. The predicted octanol–water partition coefficient (Wildman–Crippen LogP) is 8.92. The van der Waals surface area contributed by atoms with Crippen LogP contribution >= 0.6 is 11.8 Å². The van der Waals surface area contributed by atoms with Crippen LogP contribution in [0.15, 0.2) is 101 Å². The molecule has 0 radical (unpaired) electrons. The molecule has 6 nitrogen and oxygen atoms in total. The summed E-state index contributed by atoms with van der Waals surface area (Å²) in [5.74, 6) is -1.64. The Labute approximate surface area is 247 Å². The Bertz CT molecular complexity index is 1820. The number of carboxylic acids is 1. The zero-order valence-electron chi connectivity index (χ0n) is 23.3. The molecular weight excluding hydrogens is 549 g/mol. The summed E-state index contributed by atoms with van der Waals surface area (Å²) < 4.78 is 15.9. The fraction of sp³-hybridized carbons (Fsp3) is 0.147. The van der Waals surface area contributed by atoms with Crippen LogP contribution in [0, 0.1) is 12.4 Å². The highest BCUT2D eigenvalue weighted by Gasteiger charge is 2.22. The highest BCUT2D eigenvalue weighted by atomic mass is 32.2. The minimum absolute atomic E-state index is 0.0948. The van der Waals surface area contributed by atoms with E-state index < -0.39 is 12.0 Å². The van der Waals surface area contributed by atoms with Crippen molar-refractivity contribution in [2.75, 3.05) is 0 Å². The Morgan fingerprint density at radius 2 is 1.60 bits per heavy atom. The number of carbonyl (C=O) groups is 2. The van der Waals surface area contributed by atoms with E-state index in [1.807, 2.05) is 37.4 Å². The maximum atomic E-state index is 14.0. The number of carboxylic acid groups (broad SMARTS) is 1. The zero-order chi connectivity index (χ0) is 30.0. The van der Waals surface area contributed by atoms with E-state index in [1.54, 1.807) is 36.4 Å². The molecule has 1 heterocycles. The Balaban J connectivity index is 1.63. The third kappa shape index (κ3) is 5.92. The summed E-state index contributed by atoms with van der Waals surface area (Å²) in [6.07, 6.45) is 2.04. The normalized spacial score (nSPS) is 11.8. The minimum Gasteiger partial charge on any atom is -0.478 e. The average Bonchev–Trinajstić information content (AvgIpc) is 3.35. The first-order chi connectivity index (χ1) is 20.1. The number of nitrogens with zero attached hydrogens (tertiary/aromatic N) is 2. The van der Waals surface area contributed by atoms with E-state index in [1.165, 1.54) is 36.0 Å². The Morgan fingerprint density at radius 1 is 0.929 bits per heavy atom. The van der Waals surface area contributed by atoms with Crippen LogP contribution in [0.3, 0.4) is 0 Å². The lowest BCUT2D eigenvalue weighted by atomic mass is 9.98. The van der Waals surface area contributed by atoms with Crippen LogP contribution in [0.4, 0.5) is 10.1 Å². The number of rotatable bonds is 8. The van der Waals surface area contributed by atoms with Crippen molar-refractivity contribution in [2.45, 2.75) is 42.6 Å². The first kappa shape index (κ1) is 28.7. The lowest BCUT2D eigenvalue weighted by Gasteiger charge is -2.17. The predicted molar refractivity (Wildman–Crippen MR) is 164 cm³/mol. The number of nitrogens with one attached hydrogen (secondary N) is 1. The Morgan fingerprint density at radius 3 is 2.19 bits per heavy atom. The van der Waals surface area contributed by atoms with Crippen LogP contribution in [0.5, 0.6) is 0 Å². The van der Waals surface area contributed by atoms with Gasteiger partial charge in [-0.25, -0.2) is 14.0 Å². The fourth-order valence-electron chi connectivity index (χ4n) is 4.83. The van der Waals surface area contributed by atoms with Gasteiger partial charge in [-0.05, 0) is 73.9 Å². The molecule has 4 aromatic carbocycles. The number of hydrogen-bond acceptors (Lipinski definition) is 3. The molecule has 5 rings (SSSR count). The van der Waals surface area contributed by atoms with Gasteiger partial charge in [-0.3, -0.25) is 4.79 Å². The highest BCUT2D eigenvalue weighted by Crippen LogP contribution is 2.41. The second-order valence-corrected chi connectivity index (χ2v) is 11.4. The van der Waals surface area contributed by atoms with E-state index in [0.717, 1.165) is 37.4 Å². The number of halogens is 1. The molecule has 0 fully saturated rings. The third-order valence-electron chi connectivity index (χ3n) is 7.08. The van der Waals surface area contributed by atoms with Crippen LogP contribution in [0.2, 0.25) is 0 Å². The highest BCUT2D eigenvalue weighted by molar-refractivity contribution is 7.99. The molecule has 0 saturated heterocycles. The van der Waals surface area contributed by atoms with Gasteiger partial charge in [0.1, 0.15) is 5.82 Å². The lowest BCUT2D eigenvalue weighted by molar-refractivity contribution is 0.0696. The van der Waals surface area contributed by atoms with Gasteiger partial charge >= 0.3 is 5.97 Å². The van der Waals surface area contributed by atoms with Gasteiger partial charge in [0.05, 0.1) is 29.3 Å². The molecule has 5 aromatic rings. The number of hydrogen-bond donors (Lipinski definition) is 2. The molecular formula is C34H28FN3O3S. The SMILES string of the molecule is [C-]#[N+]c1ccc(Sc2cn(C(C)C)c3cc(-c4ccc(F)cc4)cc(C(=O)N[C@@H](C)c4ccc(C(=O)O)cc4)c23)cc1. The monoisotopic (exact) mass is 577 g/mol. The molecule has 1 aromatic heterocycles. The maximum absolute atomic E-state index is 14.0. The van der Waals surface area contributed by atoms with E-state index in [9.17, 15) is 19.1 Å². The second-order valence-electron chi connectivity index (χ2n) is 10.2. The molecule has 2 N–H and O–H groups in total. The van der Waals surface area contributed by atoms with Crippen LogP contribution in [-0.2, 0) is 0 Å². The second kappa shape index (κ2) is 11.9. The number of aromatic nitrogens is 1. The van der Waals surface area contributed by atoms with Crippen molar-refractivity contribution in [3.63, 3.8) is 0 Å². The standard InChI is InChI=1S/C34H28FN3O3S/c1-20(2)38-19-31(42-28-15-13-27(36-4)14-16-28)32-29(17-25(18-30(32)38)23-9-11-26(35)12-10-23)33(39)37-21(3)22-5-7-24(8-6-22)34(40)41/h5-21H,1-3H3,(H,37,39)(H,40,41)/t21-/m0/s1. The molecule has 1 amide bonds. The molecule has 8 heteroatoms. The van der Waals surface area contributed by atoms with E-state index in [4.69, 9.17) is 6.57 Å². The van der Waals surface area contributed by atoms with E-state index >= 15 is 0 Å².